The van der Waals surface area contributed by atoms with Gasteiger partial charge in [-0.3, -0.25) is 9.78 Å². The van der Waals surface area contributed by atoms with Crippen molar-refractivity contribution in [1.82, 2.24) is 9.97 Å². The summed E-state index contributed by atoms with van der Waals surface area (Å²) in [5, 5.41) is 2.64. The molecule has 0 unspecified atom stereocenters. The Kier molecular flexibility index (Phi) is 4.40. The number of aromatic nitrogens is 2. The topological polar surface area (TPSA) is 80.9 Å². The highest BCUT2D eigenvalue weighted by atomic mass is 16.1. The fraction of sp³-hybridized carbons (Fsp3) is 0.0556. The van der Waals surface area contributed by atoms with Gasteiger partial charge in [-0.05, 0) is 0 Å². The molecule has 3 N–H and O–H groups in total. The minimum atomic E-state index is -0.300. The number of hydrogen-bond donors (Lipinski definition) is 2. The molecular weight excluding hydrogens is 288 g/mol. The van der Waals surface area contributed by atoms with Gasteiger partial charge in [-0.15, -0.1) is 0 Å². The lowest BCUT2D eigenvalue weighted by atomic mass is 10.0. The number of nitrogens with zero attached hydrogens (tertiary/aromatic N) is 2. The number of amides is 1. The van der Waals surface area contributed by atoms with Crippen LogP contribution in [0.15, 0.2) is 66.9 Å². The number of anilines is 1. The zero-order chi connectivity index (χ0) is 16.1. The van der Waals surface area contributed by atoms with Crippen molar-refractivity contribution < 1.29 is 4.79 Å². The molecule has 1 heterocycles. The molecule has 0 spiro atoms. The molecule has 0 aliphatic heterocycles. The molecule has 0 aliphatic carbocycles. The Balaban J connectivity index is 2.11. The zero-order valence-electron chi connectivity index (χ0n) is 12.4. The fourth-order valence-corrected chi connectivity index (χ4v) is 2.25. The Labute approximate surface area is 134 Å². The summed E-state index contributed by atoms with van der Waals surface area (Å²) in [5.74, 6) is 0.0877. The molecule has 0 radical (unpaired) electrons. The lowest BCUT2D eigenvalue weighted by Crippen LogP contribution is -2.22. The minimum absolute atomic E-state index is 0.0945. The highest BCUT2D eigenvalue weighted by Crippen LogP contribution is 2.29. The molecule has 0 bridgehead atoms. The van der Waals surface area contributed by atoms with Gasteiger partial charge in [0.05, 0.1) is 24.1 Å². The summed E-state index contributed by atoms with van der Waals surface area (Å²) in [4.78, 5) is 20.5. The quantitative estimate of drug-likeness (QED) is 0.776. The zero-order valence-corrected chi connectivity index (χ0v) is 12.4. The van der Waals surface area contributed by atoms with Gasteiger partial charge in [-0.1, -0.05) is 60.7 Å². The van der Waals surface area contributed by atoms with Gasteiger partial charge < -0.3 is 11.1 Å². The summed E-state index contributed by atoms with van der Waals surface area (Å²) in [5.41, 5.74) is 8.71. The van der Waals surface area contributed by atoms with Crippen molar-refractivity contribution in [2.75, 3.05) is 11.9 Å². The van der Waals surface area contributed by atoms with Crippen LogP contribution in [0.5, 0.6) is 0 Å². The fourth-order valence-electron chi connectivity index (χ4n) is 2.25. The largest absolute Gasteiger partial charge is 0.322 e. The van der Waals surface area contributed by atoms with Crippen LogP contribution in [0, 0.1) is 0 Å². The maximum absolute atomic E-state index is 11.5. The van der Waals surface area contributed by atoms with Crippen LogP contribution in [0.1, 0.15) is 0 Å². The Morgan fingerprint density at radius 2 is 1.48 bits per heavy atom. The molecule has 5 nitrogen and oxygen atoms in total. The normalized spacial score (nSPS) is 10.3. The smallest absolute Gasteiger partial charge is 0.239 e. The van der Waals surface area contributed by atoms with Gasteiger partial charge in [0.15, 0.2) is 5.82 Å². The molecule has 1 aromatic heterocycles. The first kappa shape index (κ1) is 14.9. The molecule has 0 saturated heterocycles. The third-order valence-corrected chi connectivity index (χ3v) is 3.32. The van der Waals surface area contributed by atoms with E-state index in [0.29, 0.717) is 11.5 Å². The number of nitrogens with two attached hydrogens (primary N) is 1. The maximum atomic E-state index is 11.5. The van der Waals surface area contributed by atoms with Gasteiger partial charge in [-0.2, -0.15) is 0 Å². The second-order valence-corrected chi connectivity index (χ2v) is 4.94. The molecule has 5 heteroatoms. The van der Waals surface area contributed by atoms with E-state index in [0.717, 1.165) is 16.8 Å². The molecule has 3 rings (SSSR count). The molecule has 0 saturated carbocycles. The molecule has 23 heavy (non-hydrogen) atoms. The standard InChI is InChI=1S/C18H16N4O/c19-11-16(23)21-15-12-20-17(13-7-3-1-4-8-13)18(22-15)14-9-5-2-6-10-14/h1-10,12H,11,19H2,(H,21,22,23). The molecule has 0 atom stereocenters. The van der Waals surface area contributed by atoms with Crippen molar-refractivity contribution >= 4 is 11.7 Å². The molecular formula is C18H16N4O. The van der Waals surface area contributed by atoms with Crippen molar-refractivity contribution in [2.45, 2.75) is 0 Å². The molecule has 0 fully saturated rings. The van der Waals surface area contributed by atoms with E-state index in [9.17, 15) is 4.79 Å². The summed E-state index contributed by atoms with van der Waals surface area (Å²) in [6.45, 7) is -0.0945. The molecule has 3 aromatic rings. The Bertz CT molecular complexity index is 804. The van der Waals surface area contributed by atoms with Crippen molar-refractivity contribution in [2.24, 2.45) is 5.73 Å². The summed E-state index contributed by atoms with van der Waals surface area (Å²) in [7, 11) is 0. The first-order valence-corrected chi connectivity index (χ1v) is 7.25. The van der Waals surface area contributed by atoms with Crippen LogP contribution in [0.25, 0.3) is 22.5 Å². The van der Waals surface area contributed by atoms with E-state index in [1.807, 2.05) is 60.7 Å². The summed E-state index contributed by atoms with van der Waals surface area (Å²) in [6, 6.07) is 19.6. The number of hydrogen-bond acceptors (Lipinski definition) is 4. The van der Waals surface area contributed by atoms with Gasteiger partial charge in [0.1, 0.15) is 0 Å². The van der Waals surface area contributed by atoms with Gasteiger partial charge >= 0.3 is 0 Å². The average Bonchev–Trinajstić information content (AvgIpc) is 2.63. The predicted molar refractivity (Wildman–Crippen MR) is 90.6 cm³/mol. The van der Waals surface area contributed by atoms with Gasteiger partial charge in [-0.25, -0.2) is 4.98 Å². The first-order valence-electron chi connectivity index (χ1n) is 7.25. The predicted octanol–water partition coefficient (Wildman–Crippen LogP) is 2.71. The lowest BCUT2D eigenvalue weighted by Gasteiger charge is -2.11. The average molecular weight is 304 g/mol. The van der Waals surface area contributed by atoms with Gasteiger partial charge in [0, 0.05) is 11.1 Å². The third-order valence-electron chi connectivity index (χ3n) is 3.32. The molecule has 114 valence electrons. The number of nitrogens with one attached hydrogen (secondary N) is 1. The van der Waals surface area contributed by atoms with Crippen LogP contribution >= 0.6 is 0 Å². The first-order chi connectivity index (χ1) is 11.3. The Morgan fingerprint density at radius 1 is 0.913 bits per heavy atom. The van der Waals surface area contributed by atoms with Crippen molar-refractivity contribution in [3.63, 3.8) is 0 Å². The van der Waals surface area contributed by atoms with Crippen molar-refractivity contribution in [3.8, 4) is 22.5 Å². The molecule has 0 aliphatic rings. The number of rotatable bonds is 4. The van der Waals surface area contributed by atoms with Crippen molar-refractivity contribution in [1.29, 1.82) is 0 Å². The van der Waals surface area contributed by atoms with E-state index >= 15 is 0 Å². The highest BCUT2D eigenvalue weighted by molar-refractivity contribution is 5.91. The number of carbonyl (C=O) groups is 1. The van der Waals surface area contributed by atoms with E-state index in [4.69, 9.17) is 5.73 Å². The minimum Gasteiger partial charge on any atom is -0.322 e. The third kappa shape index (κ3) is 3.41. The van der Waals surface area contributed by atoms with Crippen LogP contribution < -0.4 is 11.1 Å². The Morgan fingerprint density at radius 3 is 2.04 bits per heavy atom. The number of benzene rings is 2. The summed E-state index contributed by atoms with van der Waals surface area (Å²) in [6.07, 6.45) is 1.54. The highest BCUT2D eigenvalue weighted by Gasteiger charge is 2.12. The van der Waals surface area contributed by atoms with E-state index < -0.39 is 0 Å². The SMILES string of the molecule is NCC(=O)Nc1cnc(-c2ccccc2)c(-c2ccccc2)n1. The van der Waals surface area contributed by atoms with E-state index in [1.165, 1.54) is 0 Å². The molecule has 2 aromatic carbocycles. The maximum Gasteiger partial charge on any atom is 0.239 e. The van der Waals surface area contributed by atoms with Crippen LogP contribution in [-0.4, -0.2) is 22.4 Å². The second-order valence-electron chi connectivity index (χ2n) is 4.94. The summed E-state index contributed by atoms with van der Waals surface area (Å²) >= 11 is 0. The summed E-state index contributed by atoms with van der Waals surface area (Å²) < 4.78 is 0. The molecule has 1 amide bonds. The van der Waals surface area contributed by atoms with Crippen LogP contribution in [0.2, 0.25) is 0 Å². The van der Waals surface area contributed by atoms with Crippen LogP contribution in [0.4, 0.5) is 5.82 Å². The van der Waals surface area contributed by atoms with E-state index in [2.05, 4.69) is 15.3 Å². The second kappa shape index (κ2) is 6.81. The van der Waals surface area contributed by atoms with E-state index in [1.54, 1.807) is 6.20 Å². The van der Waals surface area contributed by atoms with E-state index in [-0.39, 0.29) is 12.5 Å². The van der Waals surface area contributed by atoms with Crippen LogP contribution in [-0.2, 0) is 4.79 Å². The van der Waals surface area contributed by atoms with Gasteiger partial charge in [0.2, 0.25) is 5.91 Å². The lowest BCUT2D eigenvalue weighted by molar-refractivity contribution is -0.114. The monoisotopic (exact) mass is 304 g/mol. The van der Waals surface area contributed by atoms with Crippen molar-refractivity contribution in [3.05, 3.63) is 66.9 Å². The van der Waals surface area contributed by atoms with Gasteiger partial charge in [0.25, 0.3) is 0 Å². The Hall–Kier alpha value is -3.05. The number of carbonyl (C=O) groups excluding carboxylic acids is 1. The van der Waals surface area contributed by atoms with Crippen LogP contribution in [0.3, 0.4) is 0 Å².